The summed E-state index contributed by atoms with van der Waals surface area (Å²) in [4.78, 5) is 23.4. The Morgan fingerprint density at radius 1 is 0.679 bits per heavy atom. The van der Waals surface area contributed by atoms with Gasteiger partial charge >= 0.3 is 12.1 Å². The van der Waals surface area contributed by atoms with E-state index in [0.29, 0.717) is 25.9 Å². The Morgan fingerprint density at radius 3 is 1.39 bits per heavy atom. The van der Waals surface area contributed by atoms with E-state index in [4.69, 9.17) is 0 Å². The van der Waals surface area contributed by atoms with Crippen molar-refractivity contribution in [1.29, 1.82) is 0 Å². The third-order valence-corrected chi connectivity index (χ3v) is 8.35. The van der Waals surface area contributed by atoms with Crippen molar-refractivity contribution in [3.63, 3.8) is 0 Å². The monoisotopic (exact) mass is 438 g/mol. The van der Waals surface area contributed by atoms with Gasteiger partial charge in [-0.25, -0.2) is 26.4 Å². The van der Waals surface area contributed by atoms with E-state index in [1.54, 1.807) is 0 Å². The van der Waals surface area contributed by atoms with E-state index in [2.05, 4.69) is 21.3 Å². The molecule has 2 aliphatic heterocycles. The van der Waals surface area contributed by atoms with E-state index in [1.165, 1.54) is 0 Å². The molecule has 0 aromatic carbocycles. The van der Waals surface area contributed by atoms with Gasteiger partial charge in [-0.05, 0) is 25.7 Å². The summed E-state index contributed by atoms with van der Waals surface area (Å²) >= 11 is 0. The maximum atomic E-state index is 11.7. The predicted molar refractivity (Wildman–Crippen MR) is 106 cm³/mol. The Balaban J connectivity index is 1.41. The first-order valence-corrected chi connectivity index (χ1v) is 13.3. The zero-order valence-electron chi connectivity index (χ0n) is 15.9. The molecule has 2 heterocycles. The maximum Gasteiger partial charge on any atom is 0.315 e. The average Bonchev–Trinajstić information content (AvgIpc) is 3.10. The molecular formula is C16H30N4O6S2. The summed E-state index contributed by atoms with van der Waals surface area (Å²) in [6.07, 6.45) is 4.30. The Bertz CT molecular complexity index is 689. The zero-order valence-corrected chi connectivity index (χ0v) is 17.5. The van der Waals surface area contributed by atoms with Gasteiger partial charge in [-0.1, -0.05) is 12.8 Å². The number of carbonyl (C=O) groups is 2. The van der Waals surface area contributed by atoms with E-state index < -0.39 is 19.7 Å². The Morgan fingerprint density at radius 2 is 1.07 bits per heavy atom. The van der Waals surface area contributed by atoms with Crippen molar-refractivity contribution in [2.24, 2.45) is 0 Å². The molecule has 0 radical (unpaired) electrons. The van der Waals surface area contributed by atoms with Crippen molar-refractivity contribution in [1.82, 2.24) is 21.3 Å². The largest absolute Gasteiger partial charge is 0.338 e. The van der Waals surface area contributed by atoms with Crippen molar-refractivity contribution in [3.8, 4) is 0 Å². The predicted octanol–water partition coefficient (Wildman–Crippen LogP) is -0.481. The Kier molecular flexibility index (Phi) is 8.35. The van der Waals surface area contributed by atoms with Crippen LogP contribution in [-0.4, -0.2) is 77.1 Å². The highest BCUT2D eigenvalue weighted by Crippen LogP contribution is 2.11. The second-order valence-corrected chi connectivity index (χ2v) is 11.9. The molecule has 0 aromatic rings. The molecule has 0 unspecified atom stereocenters. The van der Waals surface area contributed by atoms with Gasteiger partial charge in [0.2, 0.25) is 0 Å². The van der Waals surface area contributed by atoms with Crippen molar-refractivity contribution in [2.45, 2.75) is 50.6 Å². The van der Waals surface area contributed by atoms with Gasteiger partial charge in [0.25, 0.3) is 0 Å². The molecule has 0 bridgehead atoms. The highest BCUT2D eigenvalue weighted by atomic mass is 32.2. The lowest BCUT2D eigenvalue weighted by atomic mass is 10.2. The van der Waals surface area contributed by atoms with Gasteiger partial charge in [-0.3, -0.25) is 0 Å². The maximum absolute atomic E-state index is 11.7. The van der Waals surface area contributed by atoms with Crippen LogP contribution < -0.4 is 21.3 Å². The summed E-state index contributed by atoms with van der Waals surface area (Å²) in [7, 11) is -6.00. The lowest BCUT2D eigenvalue weighted by Gasteiger charge is -2.12. The van der Waals surface area contributed by atoms with Gasteiger partial charge in [-0.15, -0.1) is 0 Å². The van der Waals surface area contributed by atoms with Crippen LogP contribution in [0, 0.1) is 0 Å². The first-order chi connectivity index (χ1) is 13.2. The molecule has 4 N–H and O–H groups in total. The van der Waals surface area contributed by atoms with Crippen LogP contribution >= 0.6 is 0 Å². The Hall–Kier alpha value is -1.56. The van der Waals surface area contributed by atoms with Crippen molar-refractivity contribution in [3.05, 3.63) is 0 Å². The normalized spacial score (nSPS) is 25.1. The number of carbonyl (C=O) groups excluding carboxylic acids is 2. The minimum atomic E-state index is -3.00. The van der Waals surface area contributed by atoms with E-state index in [-0.39, 0.29) is 47.2 Å². The van der Waals surface area contributed by atoms with Gasteiger partial charge in [0.15, 0.2) is 19.7 Å². The lowest BCUT2D eigenvalue weighted by molar-refractivity contribution is 0.236. The molecule has 2 aliphatic rings. The number of nitrogens with one attached hydrogen (secondary N) is 4. The van der Waals surface area contributed by atoms with Gasteiger partial charge in [0, 0.05) is 25.2 Å². The highest BCUT2D eigenvalue weighted by Gasteiger charge is 2.29. The topological polar surface area (TPSA) is 151 Å². The molecule has 2 atom stereocenters. The highest BCUT2D eigenvalue weighted by molar-refractivity contribution is 7.91. The summed E-state index contributed by atoms with van der Waals surface area (Å²) in [6, 6.07) is -1.28. The fraction of sp³-hybridized carbons (Fsp3) is 0.875. The van der Waals surface area contributed by atoms with Crippen LogP contribution in [0.3, 0.4) is 0 Å². The van der Waals surface area contributed by atoms with Gasteiger partial charge in [0.05, 0.1) is 23.0 Å². The molecule has 0 spiro atoms. The first-order valence-electron chi connectivity index (χ1n) is 9.65. The van der Waals surface area contributed by atoms with Crippen LogP contribution in [-0.2, 0) is 19.7 Å². The van der Waals surface area contributed by atoms with E-state index in [0.717, 1.165) is 25.7 Å². The molecular weight excluding hydrogens is 408 g/mol. The molecule has 4 amide bonds. The second kappa shape index (κ2) is 10.3. The Labute approximate surface area is 166 Å². The number of hydrogen-bond acceptors (Lipinski definition) is 6. The molecule has 2 rings (SSSR count). The second-order valence-electron chi connectivity index (χ2n) is 7.41. The molecule has 0 aromatic heterocycles. The number of amides is 4. The van der Waals surface area contributed by atoms with Crippen molar-refractivity contribution < 1.29 is 26.4 Å². The van der Waals surface area contributed by atoms with Crippen LogP contribution in [0.15, 0.2) is 0 Å². The van der Waals surface area contributed by atoms with E-state index in [9.17, 15) is 26.4 Å². The van der Waals surface area contributed by atoms with Crippen LogP contribution in [0.1, 0.15) is 38.5 Å². The SMILES string of the molecule is O=C(NCCCCCCNC(=O)N[C@@H]1CCS(=O)(=O)C1)N[C@@H]1CCS(=O)(=O)C1. The number of sulfone groups is 2. The summed E-state index contributed by atoms with van der Waals surface area (Å²) < 4.78 is 45.3. The minimum absolute atomic E-state index is 0.0115. The molecule has 12 heteroatoms. The fourth-order valence-corrected chi connectivity index (χ4v) is 6.64. The van der Waals surface area contributed by atoms with Crippen LogP contribution in [0.2, 0.25) is 0 Å². The van der Waals surface area contributed by atoms with Crippen molar-refractivity contribution >= 4 is 31.7 Å². The fourth-order valence-electron chi connectivity index (χ4n) is 3.30. The molecule has 0 aliphatic carbocycles. The number of unbranched alkanes of at least 4 members (excludes halogenated alkanes) is 3. The zero-order chi connectivity index (χ0) is 20.6. The molecule has 162 valence electrons. The minimum Gasteiger partial charge on any atom is -0.338 e. The smallest absolute Gasteiger partial charge is 0.315 e. The summed E-state index contributed by atoms with van der Waals surface area (Å²) in [5.41, 5.74) is 0. The van der Waals surface area contributed by atoms with E-state index >= 15 is 0 Å². The van der Waals surface area contributed by atoms with Gasteiger partial charge < -0.3 is 21.3 Å². The number of urea groups is 2. The van der Waals surface area contributed by atoms with Crippen LogP contribution in [0.25, 0.3) is 0 Å². The molecule has 2 saturated heterocycles. The third-order valence-electron chi connectivity index (χ3n) is 4.81. The van der Waals surface area contributed by atoms with Gasteiger partial charge in [-0.2, -0.15) is 0 Å². The summed E-state index contributed by atoms with van der Waals surface area (Å²) in [6.45, 7) is 1.02. The standard InChI is InChI=1S/C16H30N4O6S2/c21-15(19-13-5-9-27(23,24)11-13)17-7-3-1-2-4-8-18-16(22)20-14-6-10-28(25,26)12-14/h13-14H,1-12H2,(H2,17,19,21)(H2,18,20,22)/t13-,14-/m1/s1. The molecule has 2 fully saturated rings. The number of rotatable bonds is 9. The van der Waals surface area contributed by atoms with Gasteiger partial charge in [0.1, 0.15) is 0 Å². The molecule has 10 nitrogen and oxygen atoms in total. The summed E-state index contributed by atoms with van der Waals surface area (Å²) in [5, 5.41) is 10.8. The molecule has 0 saturated carbocycles. The number of hydrogen-bond donors (Lipinski definition) is 4. The first kappa shape index (κ1) is 22.7. The average molecular weight is 439 g/mol. The van der Waals surface area contributed by atoms with Crippen LogP contribution in [0.4, 0.5) is 9.59 Å². The van der Waals surface area contributed by atoms with Crippen LogP contribution in [0.5, 0.6) is 0 Å². The summed E-state index contributed by atoms with van der Waals surface area (Å²) in [5.74, 6) is 0.280. The quantitative estimate of drug-likeness (QED) is 0.357. The third kappa shape index (κ3) is 8.63. The van der Waals surface area contributed by atoms with E-state index in [1.807, 2.05) is 0 Å². The molecule has 28 heavy (non-hydrogen) atoms. The van der Waals surface area contributed by atoms with Crippen molar-refractivity contribution in [2.75, 3.05) is 36.1 Å². The lowest BCUT2D eigenvalue weighted by Crippen LogP contribution is -2.43.